The molecular formula is C12H20N2O. The third-order valence-electron chi connectivity index (χ3n) is 3.91. The van der Waals surface area contributed by atoms with E-state index in [0.717, 1.165) is 26.1 Å². The van der Waals surface area contributed by atoms with Crippen LogP contribution in [0.1, 0.15) is 32.6 Å². The van der Waals surface area contributed by atoms with Crippen LogP contribution in [-0.4, -0.2) is 35.7 Å². The zero-order valence-electron chi connectivity index (χ0n) is 9.45. The van der Waals surface area contributed by atoms with Crippen molar-refractivity contribution in [2.75, 3.05) is 19.6 Å². The number of likely N-dealkylation sites (tertiary alicyclic amines) is 1. The highest BCUT2D eigenvalue weighted by Crippen LogP contribution is 2.49. The average Bonchev–Trinajstić information content (AvgIpc) is 2.92. The Balaban J connectivity index is 1.83. The first-order valence-corrected chi connectivity index (χ1v) is 5.93. The number of aliphatic hydroxyl groups excluding tert-OH is 1. The monoisotopic (exact) mass is 208 g/mol. The fraction of sp³-hybridized carbons (Fsp3) is 0.917. The Bertz CT molecular complexity index is 267. The summed E-state index contributed by atoms with van der Waals surface area (Å²) in [6, 6.07) is 2.30. The second kappa shape index (κ2) is 4.11. The van der Waals surface area contributed by atoms with Crippen LogP contribution >= 0.6 is 0 Å². The summed E-state index contributed by atoms with van der Waals surface area (Å²) >= 11 is 0. The highest BCUT2D eigenvalue weighted by Gasteiger charge is 2.44. The maximum Gasteiger partial charge on any atom is 0.0628 e. The van der Waals surface area contributed by atoms with Gasteiger partial charge in [0.05, 0.1) is 12.2 Å². The van der Waals surface area contributed by atoms with Crippen molar-refractivity contribution in [3.8, 4) is 6.07 Å². The van der Waals surface area contributed by atoms with Gasteiger partial charge in [-0.15, -0.1) is 0 Å². The van der Waals surface area contributed by atoms with E-state index in [9.17, 15) is 5.11 Å². The van der Waals surface area contributed by atoms with Crippen molar-refractivity contribution in [3.05, 3.63) is 0 Å². The summed E-state index contributed by atoms with van der Waals surface area (Å²) in [5.41, 5.74) is 0.316. The number of nitriles is 1. The largest absolute Gasteiger partial charge is 0.393 e. The van der Waals surface area contributed by atoms with Crippen LogP contribution in [0.5, 0.6) is 0 Å². The van der Waals surface area contributed by atoms with Crippen molar-refractivity contribution in [2.24, 2.45) is 11.3 Å². The minimum atomic E-state index is -0.118. The summed E-state index contributed by atoms with van der Waals surface area (Å²) < 4.78 is 0. The Labute approximate surface area is 91.7 Å². The maximum absolute atomic E-state index is 9.63. The summed E-state index contributed by atoms with van der Waals surface area (Å²) in [6.45, 7) is 5.17. The van der Waals surface area contributed by atoms with Crippen molar-refractivity contribution < 1.29 is 5.11 Å². The smallest absolute Gasteiger partial charge is 0.0628 e. The van der Waals surface area contributed by atoms with Gasteiger partial charge in [0.2, 0.25) is 0 Å². The molecule has 2 atom stereocenters. The Morgan fingerprint density at radius 2 is 2.27 bits per heavy atom. The van der Waals surface area contributed by atoms with Gasteiger partial charge in [-0.25, -0.2) is 0 Å². The number of nitrogens with zero attached hydrogens (tertiary/aromatic N) is 2. The van der Waals surface area contributed by atoms with Gasteiger partial charge < -0.3 is 10.0 Å². The van der Waals surface area contributed by atoms with Crippen molar-refractivity contribution in [2.45, 2.75) is 38.7 Å². The molecule has 2 aliphatic rings. The molecule has 1 saturated carbocycles. The molecule has 3 nitrogen and oxygen atoms in total. The predicted molar refractivity (Wildman–Crippen MR) is 58.1 cm³/mol. The van der Waals surface area contributed by atoms with E-state index < -0.39 is 0 Å². The molecular weight excluding hydrogens is 188 g/mol. The molecule has 1 aliphatic carbocycles. The highest BCUT2D eigenvalue weighted by molar-refractivity contribution is 5.01. The van der Waals surface area contributed by atoms with Crippen LogP contribution in [0.15, 0.2) is 0 Å². The molecule has 2 unspecified atom stereocenters. The van der Waals surface area contributed by atoms with Crippen LogP contribution in [0.3, 0.4) is 0 Å². The van der Waals surface area contributed by atoms with E-state index in [2.05, 4.69) is 17.9 Å². The lowest BCUT2D eigenvalue weighted by molar-refractivity contribution is 0.0274. The average molecular weight is 208 g/mol. The minimum Gasteiger partial charge on any atom is -0.393 e. The van der Waals surface area contributed by atoms with Crippen LogP contribution < -0.4 is 0 Å². The molecule has 0 spiro atoms. The Morgan fingerprint density at radius 1 is 1.53 bits per heavy atom. The molecule has 0 radical (unpaired) electrons. The first kappa shape index (κ1) is 10.9. The van der Waals surface area contributed by atoms with E-state index in [1.807, 2.05) is 0 Å². The zero-order chi connectivity index (χ0) is 10.9. The SMILES string of the molecule is CC1CN(CC2(CC#N)CC2)CCC1O. The lowest BCUT2D eigenvalue weighted by Gasteiger charge is -2.36. The van der Waals surface area contributed by atoms with Crippen LogP contribution in [0.25, 0.3) is 0 Å². The van der Waals surface area contributed by atoms with Gasteiger partial charge in [-0.05, 0) is 30.6 Å². The molecule has 2 rings (SSSR count). The molecule has 1 saturated heterocycles. The number of rotatable bonds is 3. The number of piperidine rings is 1. The fourth-order valence-corrected chi connectivity index (χ4v) is 2.57. The molecule has 1 aliphatic heterocycles. The summed E-state index contributed by atoms with van der Waals surface area (Å²) in [5, 5.41) is 18.4. The number of hydrogen-bond acceptors (Lipinski definition) is 3. The van der Waals surface area contributed by atoms with Gasteiger partial charge in [0.25, 0.3) is 0 Å². The molecule has 1 heterocycles. The summed E-state index contributed by atoms with van der Waals surface area (Å²) in [6.07, 6.45) is 3.92. The molecule has 15 heavy (non-hydrogen) atoms. The van der Waals surface area contributed by atoms with E-state index in [1.165, 1.54) is 12.8 Å². The van der Waals surface area contributed by atoms with Crippen LogP contribution in [0, 0.1) is 22.7 Å². The van der Waals surface area contributed by atoms with E-state index in [4.69, 9.17) is 5.26 Å². The molecule has 84 valence electrons. The van der Waals surface area contributed by atoms with E-state index in [0.29, 0.717) is 17.8 Å². The zero-order valence-corrected chi connectivity index (χ0v) is 9.45. The third-order valence-corrected chi connectivity index (χ3v) is 3.91. The molecule has 2 fully saturated rings. The van der Waals surface area contributed by atoms with Crippen molar-refractivity contribution in [3.63, 3.8) is 0 Å². The fourth-order valence-electron chi connectivity index (χ4n) is 2.57. The van der Waals surface area contributed by atoms with E-state index >= 15 is 0 Å². The van der Waals surface area contributed by atoms with Gasteiger partial charge in [0.1, 0.15) is 0 Å². The summed E-state index contributed by atoms with van der Waals surface area (Å²) in [7, 11) is 0. The van der Waals surface area contributed by atoms with Crippen molar-refractivity contribution in [1.82, 2.24) is 4.90 Å². The quantitative estimate of drug-likeness (QED) is 0.762. The third kappa shape index (κ3) is 2.50. The van der Waals surface area contributed by atoms with E-state index in [1.54, 1.807) is 0 Å². The van der Waals surface area contributed by atoms with Crippen LogP contribution in [0.4, 0.5) is 0 Å². The molecule has 0 amide bonds. The standard InChI is InChI=1S/C12H20N2O/c1-10-8-14(7-2-11(10)15)9-12(3-4-12)5-6-13/h10-11,15H,2-5,7-9H2,1H3. The molecule has 0 bridgehead atoms. The van der Waals surface area contributed by atoms with Gasteiger partial charge in [-0.3, -0.25) is 0 Å². The Morgan fingerprint density at radius 3 is 2.80 bits per heavy atom. The lowest BCUT2D eigenvalue weighted by Crippen LogP contribution is -2.44. The molecule has 3 heteroatoms. The Hall–Kier alpha value is -0.590. The van der Waals surface area contributed by atoms with Gasteiger partial charge in [-0.2, -0.15) is 5.26 Å². The minimum absolute atomic E-state index is 0.118. The second-order valence-corrected chi connectivity index (χ2v) is 5.40. The molecule has 0 aromatic carbocycles. The van der Waals surface area contributed by atoms with Crippen LogP contribution in [-0.2, 0) is 0 Å². The lowest BCUT2D eigenvalue weighted by atomic mass is 9.94. The van der Waals surface area contributed by atoms with Gasteiger partial charge in [-0.1, -0.05) is 6.92 Å². The Kier molecular flexibility index (Phi) is 2.99. The predicted octanol–water partition coefficient (Wildman–Crippen LogP) is 1.38. The molecule has 0 aromatic rings. The van der Waals surface area contributed by atoms with Gasteiger partial charge >= 0.3 is 0 Å². The normalized spacial score (nSPS) is 34.7. The van der Waals surface area contributed by atoms with Gasteiger partial charge in [0.15, 0.2) is 0 Å². The topological polar surface area (TPSA) is 47.3 Å². The highest BCUT2D eigenvalue weighted by atomic mass is 16.3. The van der Waals surface area contributed by atoms with Crippen molar-refractivity contribution in [1.29, 1.82) is 5.26 Å². The maximum atomic E-state index is 9.63. The molecule has 0 aromatic heterocycles. The summed E-state index contributed by atoms with van der Waals surface area (Å²) in [5.74, 6) is 0.386. The number of aliphatic hydroxyl groups is 1. The van der Waals surface area contributed by atoms with Gasteiger partial charge in [0, 0.05) is 26.1 Å². The van der Waals surface area contributed by atoms with E-state index in [-0.39, 0.29) is 6.10 Å². The molecule has 1 N–H and O–H groups in total. The second-order valence-electron chi connectivity index (χ2n) is 5.40. The van der Waals surface area contributed by atoms with Crippen molar-refractivity contribution >= 4 is 0 Å². The number of hydrogen-bond donors (Lipinski definition) is 1. The first-order chi connectivity index (χ1) is 7.15. The van der Waals surface area contributed by atoms with Crippen LogP contribution in [0.2, 0.25) is 0 Å². The first-order valence-electron chi connectivity index (χ1n) is 5.93. The summed E-state index contributed by atoms with van der Waals surface area (Å²) in [4.78, 5) is 2.43.